The molecule has 3 aromatic carbocycles. The number of benzene rings is 3. The van der Waals surface area contributed by atoms with Crippen LogP contribution in [0.15, 0.2) is 66.7 Å². The summed E-state index contributed by atoms with van der Waals surface area (Å²) in [5.41, 5.74) is 6.11. The van der Waals surface area contributed by atoms with E-state index in [1.54, 1.807) is 12.1 Å². The monoisotopic (exact) mass is 353 g/mol. The number of aryl methyl sites for hydroxylation is 2. The highest BCUT2D eigenvalue weighted by Crippen LogP contribution is 2.24. The Bertz CT molecular complexity index is 1010. The van der Waals surface area contributed by atoms with Crippen molar-refractivity contribution in [2.45, 2.75) is 19.3 Å². The average molecular weight is 353 g/mol. The zero-order valence-electron chi connectivity index (χ0n) is 14.9. The summed E-state index contributed by atoms with van der Waals surface area (Å²) in [7, 11) is 0. The van der Waals surface area contributed by atoms with Crippen LogP contribution in [-0.2, 0) is 12.8 Å². The summed E-state index contributed by atoms with van der Waals surface area (Å²) in [5.74, 6) is 0.669. The minimum atomic E-state index is 0.000804. The molecule has 3 aromatic rings. The number of carbonyl (C=O) groups excluding carboxylic acids is 1. The molecule has 0 radical (unpaired) electrons. The van der Waals surface area contributed by atoms with Crippen LogP contribution in [0.5, 0.6) is 5.75 Å². The van der Waals surface area contributed by atoms with Crippen LogP contribution >= 0.6 is 0 Å². The molecule has 1 aliphatic carbocycles. The van der Waals surface area contributed by atoms with Crippen LogP contribution in [0, 0.1) is 11.3 Å². The van der Waals surface area contributed by atoms with Crippen LogP contribution in [-0.4, -0.2) is 12.4 Å². The molecule has 0 spiro atoms. The Balaban J connectivity index is 1.39. The lowest BCUT2D eigenvalue weighted by Gasteiger charge is -2.08. The van der Waals surface area contributed by atoms with Gasteiger partial charge in [0, 0.05) is 5.56 Å². The summed E-state index contributed by atoms with van der Waals surface area (Å²) in [6.07, 6.45) is 3.36. The van der Waals surface area contributed by atoms with E-state index in [0.29, 0.717) is 11.3 Å². The molecule has 0 amide bonds. The van der Waals surface area contributed by atoms with Crippen molar-refractivity contribution in [3.63, 3.8) is 0 Å². The molecule has 0 fully saturated rings. The molecule has 3 heteroatoms. The van der Waals surface area contributed by atoms with Gasteiger partial charge in [-0.2, -0.15) is 5.26 Å². The Labute approximate surface area is 158 Å². The van der Waals surface area contributed by atoms with Gasteiger partial charge in [0.2, 0.25) is 0 Å². The van der Waals surface area contributed by atoms with E-state index in [1.807, 2.05) is 48.5 Å². The van der Waals surface area contributed by atoms with E-state index >= 15 is 0 Å². The summed E-state index contributed by atoms with van der Waals surface area (Å²) < 4.78 is 5.68. The lowest BCUT2D eigenvalue weighted by atomic mass is 10.0. The summed E-state index contributed by atoms with van der Waals surface area (Å²) in [6, 6.07) is 23.2. The fourth-order valence-electron chi connectivity index (χ4n) is 3.46. The van der Waals surface area contributed by atoms with Crippen molar-refractivity contribution >= 4 is 5.78 Å². The third-order valence-electron chi connectivity index (χ3n) is 4.99. The lowest BCUT2D eigenvalue weighted by molar-refractivity contribution is 0.0921. The minimum Gasteiger partial charge on any atom is -0.485 e. The maximum atomic E-state index is 12.4. The number of ketones is 1. The third kappa shape index (κ3) is 3.75. The van der Waals surface area contributed by atoms with Gasteiger partial charge in [0.1, 0.15) is 5.75 Å². The molecule has 27 heavy (non-hydrogen) atoms. The quantitative estimate of drug-likeness (QED) is 0.608. The number of hydrogen-bond acceptors (Lipinski definition) is 3. The highest BCUT2D eigenvalue weighted by molar-refractivity contribution is 5.97. The number of nitrogens with zero attached hydrogens (tertiary/aromatic N) is 1. The Morgan fingerprint density at radius 1 is 0.889 bits per heavy atom. The van der Waals surface area contributed by atoms with Gasteiger partial charge in [-0.25, -0.2) is 0 Å². The first-order valence-corrected chi connectivity index (χ1v) is 9.11. The molecule has 0 unspecified atom stereocenters. The fraction of sp³-hybridized carbons (Fsp3) is 0.167. The maximum Gasteiger partial charge on any atom is 0.200 e. The van der Waals surface area contributed by atoms with Crippen molar-refractivity contribution in [3.05, 3.63) is 89.0 Å². The zero-order chi connectivity index (χ0) is 18.6. The number of Topliss-reactive ketones (excluding diaryl/α,β-unsaturated/α-hetero) is 1. The number of ether oxygens (including phenoxy) is 1. The third-order valence-corrected chi connectivity index (χ3v) is 4.99. The molecule has 0 N–H and O–H groups in total. The van der Waals surface area contributed by atoms with Gasteiger partial charge in [-0.05, 0) is 71.8 Å². The number of fused-ring (bicyclic) bond motifs is 1. The Hall–Kier alpha value is -3.38. The molecule has 0 saturated carbocycles. The average Bonchev–Trinajstić information content (AvgIpc) is 3.20. The van der Waals surface area contributed by atoms with E-state index in [1.165, 1.54) is 17.5 Å². The predicted molar refractivity (Wildman–Crippen MR) is 105 cm³/mol. The van der Waals surface area contributed by atoms with Gasteiger partial charge in [0.25, 0.3) is 0 Å². The second kappa shape index (κ2) is 7.47. The van der Waals surface area contributed by atoms with E-state index in [2.05, 4.69) is 12.1 Å². The van der Waals surface area contributed by atoms with E-state index in [4.69, 9.17) is 10.00 Å². The summed E-state index contributed by atoms with van der Waals surface area (Å²) in [5, 5.41) is 8.87. The summed E-state index contributed by atoms with van der Waals surface area (Å²) in [6.45, 7) is 0.0367. The van der Waals surface area contributed by atoms with Crippen LogP contribution in [0.25, 0.3) is 11.1 Å². The van der Waals surface area contributed by atoms with Crippen LogP contribution in [0.1, 0.15) is 33.5 Å². The normalized spacial score (nSPS) is 12.3. The fourth-order valence-corrected chi connectivity index (χ4v) is 3.46. The SMILES string of the molecule is N#Cc1ccc(-c2ccc(OCC(=O)c3ccc4c(c3)CCC4)cc2)cc1. The van der Waals surface area contributed by atoms with Crippen molar-refractivity contribution in [1.82, 2.24) is 0 Å². The molecular weight excluding hydrogens is 334 g/mol. The summed E-state index contributed by atoms with van der Waals surface area (Å²) in [4.78, 5) is 12.4. The summed E-state index contributed by atoms with van der Waals surface area (Å²) >= 11 is 0. The van der Waals surface area contributed by atoms with Gasteiger partial charge in [-0.15, -0.1) is 0 Å². The van der Waals surface area contributed by atoms with E-state index in [-0.39, 0.29) is 12.4 Å². The topological polar surface area (TPSA) is 50.1 Å². The molecule has 1 aliphatic rings. The molecule has 4 rings (SSSR count). The molecule has 0 aromatic heterocycles. The maximum absolute atomic E-state index is 12.4. The second-order valence-corrected chi connectivity index (χ2v) is 6.76. The first-order valence-electron chi connectivity index (χ1n) is 9.11. The molecule has 0 saturated heterocycles. The standard InChI is InChI=1S/C24H19NO2/c25-15-17-4-6-19(7-5-17)20-10-12-23(13-11-20)27-16-24(26)22-9-8-18-2-1-3-21(18)14-22/h4-14H,1-3,16H2. The van der Waals surface area contributed by atoms with Gasteiger partial charge in [-0.3, -0.25) is 4.79 Å². The van der Waals surface area contributed by atoms with E-state index in [9.17, 15) is 4.79 Å². The van der Waals surface area contributed by atoms with Gasteiger partial charge in [-0.1, -0.05) is 36.4 Å². The van der Waals surface area contributed by atoms with Crippen molar-refractivity contribution < 1.29 is 9.53 Å². The molecule has 3 nitrogen and oxygen atoms in total. The molecular formula is C24H19NO2. The van der Waals surface area contributed by atoms with E-state index < -0.39 is 0 Å². The van der Waals surface area contributed by atoms with Gasteiger partial charge < -0.3 is 4.74 Å². The van der Waals surface area contributed by atoms with E-state index in [0.717, 1.165) is 29.5 Å². The highest BCUT2D eigenvalue weighted by Gasteiger charge is 2.14. The number of hydrogen-bond donors (Lipinski definition) is 0. The van der Waals surface area contributed by atoms with Gasteiger partial charge in [0.15, 0.2) is 12.4 Å². The number of carbonyl (C=O) groups is 1. The van der Waals surface area contributed by atoms with Crippen LogP contribution in [0.3, 0.4) is 0 Å². The number of rotatable bonds is 5. The lowest BCUT2D eigenvalue weighted by Crippen LogP contribution is -2.12. The minimum absolute atomic E-state index is 0.000804. The zero-order valence-corrected chi connectivity index (χ0v) is 14.9. The molecule has 0 atom stereocenters. The highest BCUT2D eigenvalue weighted by atomic mass is 16.5. The first-order chi connectivity index (χ1) is 13.2. The van der Waals surface area contributed by atoms with Crippen molar-refractivity contribution in [2.75, 3.05) is 6.61 Å². The molecule has 0 aliphatic heterocycles. The second-order valence-electron chi connectivity index (χ2n) is 6.76. The molecule has 132 valence electrons. The van der Waals surface area contributed by atoms with Gasteiger partial charge in [0.05, 0.1) is 11.6 Å². The van der Waals surface area contributed by atoms with Crippen LogP contribution < -0.4 is 4.74 Å². The first kappa shape index (κ1) is 17.1. The number of nitriles is 1. The molecule has 0 bridgehead atoms. The van der Waals surface area contributed by atoms with Crippen LogP contribution in [0.2, 0.25) is 0 Å². The largest absolute Gasteiger partial charge is 0.485 e. The predicted octanol–water partition coefficient (Wildman–Crippen LogP) is 4.98. The van der Waals surface area contributed by atoms with Gasteiger partial charge >= 0.3 is 0 Å². The van der Waals surface area contributed by atoms with Crippen LogP contribution in [0.4, 0.5) is 0 Å². The Morgan fingerprint density at radius 2 is 1.56 bits per heavy atom. The molecule has 0 heterocycles. The van der Waals surface area contributed by atoms with Crippen molar-refractivity contribution in [1.29, 1.82) is 5.26 Å². The van der Waals surface area contributed by atoms with Crippen molar-refractivity contribution in [3.8, 4) is 22.9 Å². The smallest absolute Gasteiger partial charge is 0.200 e. The Kier molecular flexibility index (Phi) is 4.72. The van der Waals surface area contributed by atoms with Crippen molar-refractivity contribution in [2.24, 2.45) is 0 Å². The Morgan fingerprint density at radius 3 is 2.26 bits per heavy atom.